The van der Waals surface area contributed by atoms with Gasteiger partial charge in [-0.2, -0.15) is 0 Å². The highest BCUT2D eigenvalue weighted by atomic mass is 31.0. The predicted molar refractivity (Wildman–Crippen MR) is 74.6 cm³/mol. The van der Waals surface area contributed by atoms with Gasteiger partial charge in [0.1, 0.15) is 12.7 Å². The Morgan fingerprint density at radius 2 is 2.42 bits per heavy atom. The van der Waals surface area contributed by atoms with Crippen LogP contribution < -0.4 is 0 Å². The number of amides is 2. The molecule has 0 aliphatic carbocycles. The number of imide groups is 1. The van der Waals surface area contributed by atoms with E-state index in [4.69, 9.17) is 14.0 Å². The van der Waals surface area contributed by atoms with Crippen LogP contribution >= 0.6 is 9.47 Å². The number of nitrogens with zero attached hydrogens (tertiary/aromatic N) is 1. The van der Waals surface area contributed by atoms with Crippen molar-refractivity contribution in [3.8, 4) is 0 Å². The molecule has 1 fully saturated rings. The Morgan fingerprint density at radius 1 is 1.74 bits per heavy atom. The zero-order valence-corrected chi connectivity index (χ0v) is 12.6. The Balaban J connectivity index is 0.00000361. The van der Waals surface area contributed by atoms with E-state index in [0.29, 0.717) is 13.0 Å². The molecule has 7 heteroatoms. The maximum atomic E-state index is 12.2. The minimum absolute atomic E-state index is 0. The summed E-state index contributed by atoms with van der Waals surface area (Å²) in [5.74, 6) is -0.367. The molecule has 0 N–H and O–H groups in total. The lowest BCUT2D eigenvalue weighted by Crippen LogP contribution is -2.44. The number of rotatable bonds is 6. The highest BCUT2D eigenvalue weighted by molar-refractivity contribution is 7.09. The van der Waals surface area contributed by atoms with Gasteiger partial charge in [-0.15, -0.1) is 0 Å². The first kappa shape index (κ1) is 16.1. The molecule has 1 saturated heterocycles. The smallest absolute Gasteiger partial charge is 0.417 e. The normalized spacial score (nSPS) is 21.5. The molecule has 6 nitrogen and oxygen atoms in total. The molecule has 0 spiro atoms. The molecule has 19 heavy (non-hydrogen) atoms. The lowest BCUT2D eigenvalue weighted by atomic mass is 10.1. The average molecular weight is 293 g/mol. The van der Waals surface area contributed by atoms with Crippen LogP contribution in [-0.4, -0.2) is 49.4 Å². The standard InChI is InChI=1S/C12H20NO5P.H2/c1-8(6-18-19)4-5-10(16-3)11(14)13-9(2)7-17-12(13)15;/h4,9-10H,5-7,19H2,1-3H3;1H/b8-4-;/t9?,10-;/m0./s1/i;1+2. The number of hydrogen-bond donors (Lipinski definition) is 0. The first-order valence-corrected chi connectivity index (χ1v) is 6.48. The van der Waals surface area contributed by atoms with Crippen LogP contribution in [0.5, 0.6) is 0 Å². The summed E-state index contributed by atoms with van der Waals surface area (Å²) in [5.41, 5.74) is 0.988. The van der Waals surface area contributed by atoms with E-state index in [2.05, 4.69) is 9.47 Å². The van der Waals surface area contributed by atoms with Crippen molar-refractivity contribution < 1.29 is 25.0 Å². The molecule has 0 aromatic rings. The fourth-order valence-electron chi connectivity index (χ4n) is 1.77. The van der Waals surface area contributed by atoms with E-state index in [1.165, 1.54) is 7.11 Å². The highest BCUT2D eigenvalue weighted by Crippen LogP contribution is 2.16. The van der Waals surface area contributed by atoms with Crippen molar-refractivity contribution in [1.29, 1.82) is 0 Å². The molecular formula is C12H22NO5P. The van der Waals surface area contributed by atoms with E-state index in [-0.39, 0.29) is 20.0 Å². The fourth-order valence-corrected chi connectivity index (χ4v) is 2.04. The lowest BCUT2D eigenvalue weighted by Gasteiger charge is -2.21. The molecular weight excluding hydrogens is 269 g/mol. The first-order chi connectivity index (χ1) is 9.01. The lowest BCUT2D eigenvalue weighted by molar-refractivity contribution is -0.139. The van der Waals surface area contributed by atoms with Crippen molar-refractivity contribution in [2.24, 2.45) is 0 Å². The summed E-state index contributed by atoms with van der Waals surface area (Å²) in [6.07, 6.45) is 0.967. The van der Waals surface area contributed by atoms with Gasteiger partial charge in [-0.25, -0.2) is 9.69 Å². The molecule has 1 aliphatic heterocycles. The Labute approximate surface area is 116 Å². The van der Waals surface area contributed by atoms with Crippen LogP contribution in [0.4, 0.5) is 4.79 Å². The minimum atomic E-state index is -0.687. The van der Waals surface area contributed by atoms with Crippen LogP contribution in [0.25, 0.3) is 0 Å². The second kappa shape index (κ2) is 7.58. The zero-order valence-electron chi connectivity index (χ0n) is 11.4. The average Bonchev–Trinajstić information content (AvgIpc) is 2.70. The maximum absolute atomic E-state index is 12.2. The summed E-state index contributed by atoms with van der Waals surface area (Å²) in [7, 11) is 3.62. The van der Waals surface area contributed by atoms with Crippen LogP contribution in [0.3, 0.4) is 0 Å². The molecule has 1 rings (SSSR count). The second-order valence-electron chi connectivity index (χ2n) is 4.46. The van der Waals surface area contributed by atoms with E-state index in [0.717, 1.165) is 10.5 Å². The number of ether oxygens (including phenoxy) is 2. The van der Waals surface area contributed by atoms with Crippen molar-refractivity contribution in [2.75, 3.05) is 20.3 Å². The summed E-state index contributed by atoms with van der Waals surface area (Å²) in [4.78, 5) is 24.8. The van der Waals surface area contributed by atoms with E-state index < -0.39 is 12.2 Å². The summed E-state index contributed by atoms with van der Waals surface area (Å²) >= 11 is 0. The van der Waals surface area contributed by atoms with E-state index in [9.17, 15) is 9.59 Å². The predicted octanol–water partition coefficient (Wildman–Crippen LogP) is 1.76. The molecule has 1 aliphatic rings. The van der Waals surface area contributed by atoms with Crippen molar-refractivity contribution in [3.63, 3.8) is 0 Å². The Bertz CT molecular complexity index is 377. The Morgan fingerprint density at radius 3 is 2.89 bits per heavy atom. The van der Waals surface area contributed by atoms with Crippen LogP contribution in [0.2, 0.25) is 0 Å². The van der Waals surface area contributed by atoms with Gasteiger partial charge in [-0.3, -0.25) is 4.79 Å². The van der Waals surface area contributed by atoms with Gasteiger partial charge in [0.05, 0.1) is 12.6 Å². The monoisotopic (exact) mass is 293 g/mol. The van der Waals surface area contributed by atoms with Gasteiger partial charge in [-0.1, -0.05) is 11.6 Å². The van der Waals surface area contributed by atoms with Gasteiger partial charge in [0.2, 0.25) is 0 Å². The van der Waals surface area contributed by atoms with Crippen LogP contribution in [0.1, 0.15) is 21.7 Å². The molecule has 0 aromatic carbocycles. The van der Waals surface area contributed by atoms with Gasteiger partial charge in [0, 0.05) is 24.4 Å². The van der Waals surface area contributed by atoms with Gasteiger partial charge < -0.3 is 14.0 Å². The number of cyclic esters (lactones) is 1. The molecule has 2 amide bonds. The molecule has 2 unspecified atom stereocenters. The topological polar surface area (TPSA) is 65.1 Å². The van der Waals surface area contributed by atoms with Crippen molar-refractivity contribution in [2.45, 2.75) is 32.4 Å². The van der Waals surface area contributed by atoms with Gasteiger partial charge in [0.15, 0.2) is 0 Å². The molecule has 1 heterocycles. The number of methoxy groups -OCH3 is 1. The van der Waals surface area contributed by atoms with Gasteiger partial charge >= 0.3 is 6.09 Å². The largest absolute Gasteiger partial charge is 0.447 e. The number of carbonyl (C=O) groups is 2. The molecule has 0 aromatic heterocycles. The molecule has 110 valence electrons. The molecule has 3 atom stereocenters. The zero-order chi connectivity index (χ0) is 14.4. The summed E-state index contributed by atoms with van der Waals surface area (Å²) in [6, 6.07) is -0.252. The highest BCUT2D eigenvalue weighted by Gasteiger charge is 2.38. The second-order valence-corrected chi connectivity index (χ2v) is 4.79. The quantitative estimate of drug-likeness (QED) is 0.551. The van der Waals surface area contributed by atoms with Crippen molar-refractivity contribution in [1.82, 2.24) is 4.90 Å². The maximum Gasteiger partial charge on any atom is 0.417 e. The summed E-state index contributed by atoms with van der Waals surface area (Å²) in [5, 5.41) is 0. The van der Waals surface area contributed by atoms with Crippen molar-refractivity contribution in [3.05, 3.63) is 11.6 Å². The van der Waals surface area contributed by atoms with Crippen LogP contribution in [-0.2, 0) is 18.8 Å². The summed E-state index contributed by atoms with van der Waals surface area (Å²) < 4.78 is 14.9. The van der Waals surface area contributed by atoms with Crippen LogP contribution in [0, 0.1) is 0 Å². The van der Waals surface area contributed by atoms with Crippen LogP contribution in [0.15, 0.2) is 11.6 Å². The SMILES string of the molecule is CO[C@@H](C/C=C(/C)COP)C(=O)N1C(=O)OCC1C.[3HH]. The van der Waals surface area contributed by atoms with Gasteiger partial charge in [-0.05, 0) is 13.8 Å². The fraction of sp³-hybridized carbons (Fsp3) is 0.667. The number of hydrogen-bond acceptors (Lipinski definition) is 5. The van der Waals surface area contributed by atoms with Crippen molar-refractivity contribution >= 4 is 21.5 Å². The van der Waals surface area contributed by atoms with E-state index in [1.54, 1.807) is 6.92 Å². The third kappa shape index (κ3) is 4.27. The minimum Gasteiger partial charge on any atom is -0.447 e. The van der Waals surface area contributed by atoms with E-state index >= 15 is 0 Å². The Hall–Kier alpha value is -0.970. The van der Waals surface area contributed by atoms with Gasteiger partial charge in [0.25, 0.3) is 5.91 Å². The Kier molecular flexibility index (Phi) is 6.42. The molecule has 0 bridgehead atoms. The third-order valence-corrected chi connectivity index (χ3v) is 3.04. The molecule has 0 radical (unpaired) electrons. The first-order valence-electron chi connectivity index (χ1n) is 6.01. The third-order valence-electron chi connectivity index (χ3n) is 2.87. The number of carbonyl (C=O) groups excluding carboxylic acids is 2. The van der Waals surface area contributed by atoms with E-state index in [1.807, 2.05) is 13.0 Å². The summed E-state index contributed by atoms with van der Waals surface area (Å²) in [6.45, 7) is 4.36. The molecule has 0 saturated carbocycles.